The molecule has 0 aliphatic heterocycles. The van der Waals surface area contributed by atoms with Crippen molar-refractivity contribution in [1.82, 2.24) is 0 Å². The van der Waals surface area contributed by atoms with Crippen molar-refractivity contribution < 1.29 is 13.2 Å². The molecule has 2 nitrogen and oxygen atoms in total. The molecule has 0 aliphatic rings. The number of rotatable bonds is 11. The molecule has 0 spiro atoms. The van der Waals surface area contributed by atoms with Crippen LogP contribution < -0.4 is 11.1 Å². The molecule has 0 bridgehead atoms. The molecule has 132 valence electrons. The molecule has 0 aliphatic carbocycles. The van der Waals surface area contributed by atoms with Crippen molar-refractivity contribution in [3.05, 3.63) is 29.8 Å². The van der Waals surface area contributed by atoms with Crippen LogP contribution in [0.5, 0.6) is 0 Å². The standard InChI is InChI=1S/C17H27F3N2S/c18-17(19,20)15-10-4-5-11-16(15)22-14(9-7-12-21)8-3-1-2-6-13-23/h4-5,10-11,14,22-23H,1-3,6-9,12-13,21H2. The van der Waals surface area contributed by atoms with E-state index in [4.69, 9.17) is 5.73 Å². The minimum absolute atomic E-state index is 0.0260. The van der Waals surface area contributed by atoms with Gasteiger partial charge in [-0.05, 0) is 50.1 Å². The van der Waals surface area contributed by atoms with E-state index in [1.54, 1.807) is 6.07 Å². The van der Waals surface area contributed by atoms with E-state index in [0.717, 1.165) is 56.8 Å². The number of anilines is 1. The summed E-state index contributed by atoms with van der Waals surface area (Å²) in [4.78, 5) is 0. The van der Waals surface area contributed by atoms with Crippen LogP contribution >= 0.6 is 12.6 Å². The Hall–Kier alpha value is -0.880. The van der Waals surface area contributed by atoms with Crippen LogP contribution in [0.3, 0.4) is 0 Å². The van der Waals surface area contributed by atoms with Gasteiger partial charge >= 0.3 is 6.18 Å². The number of hydrogen-bond acceptors (Lipinski definition) is 3. The lowest BCUT2D eigenvalue weighted by Crippen LogP contribution is -2.23. The fraction of sp³-hybridized carbons (Fsp3) is 0.647. The highest BCUT2D eigenvalue weighted by atomic mass is 32.1. The number of halogens is 3. The van der Waals surface area contributed by atoms with E-state index in [0.29, 0.717) is 6.54 Å². The Morgan fingerprint density at radius 1 is 1.00 bits per heavy atom. The third-order valence-electron chi connectivity index (χ3n) is 3.81. The Morgan fingerprint density at radius 3 is 2.30 bits per heavy atom. The highest BCUT2D eigenvalue weighted by Crippen LogP contribution is 2.35. The van der Waals surface area contributed by atoms with E-state index in [1.807, 2.05) is 0 Å². The fourth-order valence-electron chi connectivity index (χ4n) is 2.59. The van der Waals surface area contributed by atoms with Gasteiger partial charge in [0.25, 0.3) is 0 Å². The van der Waals surface area contributed by atoms with E-state index >= 15 is 0 Å². The molecule has 0 aromatic heterocycles. The summed E-state index contributed by atoms with van der Waals surface area (Å²) >= 11 is 4.18. The van der Waals surface area contributed by atoms with Gasteiger partial charge in [0.1, 0.15) is 0 Å². The Morgan fingerprint density at radius 2 is 1.65 bits per heavy atom. The van der Waals surface area contributed by atoms with Crippen LogP contribution in [0.25, 0.3) is 0 Å². The Bertz CT molecular complexity index is 438. The van der Waals surface area contributed by atoms with E-state index in [9.17, 15) is 13.2 Å². The lowest BCUT2D eigenvalue weighted by atomic mass is 10.0. The molecule has 0 amide bonds. The molecule has 1 rings (SSSR count). The molecule has 1 aromatic carbocycles. The highest BCUT2D eigenvalue weighted by molar-refractivity contribution is 7.80. The first-order valence-corrected chi connectivity index (χ1v) is 8.86. The van der Waals surface area contributed by atoms with Gasteiger partial charge in [0, 0.05) is 11.7 Å². The van der Waals surface area contributed by atoms with E-state index in [2.05, 4.69) is 17.9 Å². The molecule has 1 unspecified atom stereocenters. The first-order valence-electron chi connectivity index (χ1n) is 8.22. The van der Waals surface area contributed by atoms with Gasteiger partial charge in [0.2, 0.25) is 0 Å². The third-order valence-corrected chi connectivity index (χ3v) is 4.13. The molecule has 23 heavy (non-hydrogen) atoms. The summed E-state index contributed by atoms with van der Waals surface area (Å²) in [5.41, 5.74) is 5.11. The minimum atomic E-state index is -4.34. The van der Waals surface area contributed by atoms with Crippen molar-refractivity contribution in [2.75, 3.05) is 17.6 Å². The largest absolute Gasteiger partial charge is 0.418 e. The minimum Gasteiger partial charge on any atom is -0.382 e. The molecule has 0 saturated heterocycles. The fourth-order valence-corrected chi connectivity index (χ4v) is 2.81. The zero-order valence-corrected chi connectivity index (χ0v) is 14.3. The van der Waals surface area contributed by atoms with Crippen molar-refractivity contribution in [3.8, 4) is 0 Å². The van der Waals surface area contributed by atoms with E-state index < -0.39 is 11.7 Å². The summed E-state index contributed by atoms with van der Waals surface area (Å²) in [7, 11) is 0. The quantitative estimate of drug-likeness (QED) is 0.384. The summed E-state index contributed by atoms with van der Waals surface area (Å²) in [5.74, 6) is 0.883. The topological polar surface area (TPSA) is 38.0 Å². The smallest absolute Gasteiger partial charge is 0.382 e. The number of nitrogens with one attached hydrogen (secondary N) is 1. The van der Waals surface area contributed by atoms with Gasteiger partial charge in [-0.2, -0.15) is 25.8 Å². The maximum absolute atomic E-state index is 13.1. The van der Waals surface area contributed by atoms with Gasteiger partial charge in [-0.1, -0.05) is 31.4 Å². The molecule has 0 heterocycles. The first-order chi connectivity index (χ1) is 11.0. The first kappa shape index (κ1) is 20.2. The highest BCUT2D eigenvalue weighted by Gasteiger charge is 2.33. The molecular weight excluding hydrogens is 321 g/mol. The second-order valence-corrected chi connectivity index (χ2v) is 6.19. The molecular formula is C17H27F3N2S. The molecule has 6 heteroatoms. The van der Waals surface area contributed by atoms with Crippen LogP contribution in [-0.4, -0.2) is 18.3 Å². The number of alkyl halides is 3. The van der Waals surface area contributed by atoms with Crippen molar-refractivity contribution in [2.24, 2.45) is 5.73 Å². The second-order valence-electron chi connectivity index (χ2n) is 5.74. The summed E-state index contributed by atoms with van der Waals surface area (Å²) in [6.45, 7) is 0.554. The third kappa shape index (κ3) is 7.97. The Kier molecular flexibility index (Phi) is 9.48. The van der Waals surface area contributed by atoms with Crippen molar-refractivity contribution in [2.45, 2.75) is 57.2 Å². The van der Waals surface area contributed by atoms with Crippen molar-refractivity contribution in [3.63, 3.8) is 0 Å². The predicted molar refractivity (Wildman–Crippen MR) is 94.1 cm³/mol. The normalized spacial score (nSPS) is 13.1. The lowest BCUT2D eigenvalue weighted by molar-refractivity contribution is -0.137. The Labute approximate surface area is 142 Å². The van der Waals surface area contributed by atoms with Crippen LogP contribution in [0.2, 0.25) is 0 Å². The van der Waals surface area contributed by atoms with Gasteiger partial charge < -0.3 is 11.1 Å². The van der Waals surface area contributed by atoms with Crippen LogP contribution in [0.1, 0.15) is 50.5 Å². The SMILES string of the molecule is NCCCC(CCCCCCS)Nc1ccccc1C(F)(F)F. The summed E-state index contributed by atoms with van der Waals surface area (Å²) in [5, 5.41) is 3.09. The Balaban J connectivity index is 2.66. The maximum atomic E-state index is 13.1. The average molecular weight is 348 g/mol. The average Bonchev–Trinajstić information content (AvgIpc) is 2.51. The predicted octanol–water partition coefficient (Wildman–Crippen LogP) is 5.11. The summed E-state index contributed by atoms with van der Waals surface area (Å²) in [6.07, 6.45) is 2.41. The zero-order valence-electron chi connectivity index (χ0n) is 13.4. The van der Waals surface area contributed by atoms with Crippen molar-refractivity contribution in [1.29, 1.82) is 0 Å². The molecule has 1 aromatic rings. The molecule has 0 saturated carbocycles. The van der Waals surface area contributed by atoms with Gasteiger partial charge in [-0.25, -0.2) is 0 Å². The van der Waals surface area contributed by atoms with E-state index in [-0.39, 0.29) is 11.7 Å². The van der Waals surface area contributed by atoms with Crippen LogP contribution in [-0.2, 0) is 6.18 Å². The summed E-state index contributed by atoms with van der Waals surface area (Å²) in [6, 6.07) is 5.69. The van der Waals surface area contributed by atoms with Gasteiger partial charge in [-0.3, -0.25) is 0 Å². The number of unbranched alkanes of at least 4 members (excludes halogenated alkanes) is 3. The number of nitrogens with two attached hydrogens (primary N) is 1. The maximum Gasteiger partial charge on any atom is 0.418 e. The number of para-hydroxylation sites is 1. The lowest BCUT2D eigenvalue weighted by Gasteiger charge is -2.22. The van der Waals surface area contributed by atoms with E-state index in [1.165, 1.54) is 12.1 Å². The van der Waals surface area contributed by atoms with Gasteiger partial charge in [0.05, 0.1) is 5.56 Å². The van der Waals surface area contributed by atoms with Gasteiger partial charge in [-0.15, -0.1) is 0 Å². The van der Waals surface area contributed by atoms with Crippen LogP contribution in [0.15, 0.2) is 24.3 Å². The zero-order chi connectivity index (χ0) is 17.1. The molecule has 3 N–H and O–H groups in total. The molecule has 0 radical (unpaired) electrons. The number of thiol groups is 1. The monoisotopic (exact) mass is 348 g/mol. The van der Waals surface area contributed by atoms with Crippen LogP contribution in [0.4, 0.5) is 18.9 Å². The second kappa shape index (κ2) is 10.8. The van der Waals surface area contributed by atoms with Crippen molar-refractivity contribution >= 4 is 18.3 Å². The summed E-state index contributed by atoms with van der Waals surface area (Å²) < 4.78 is 39.2. The molecule has 0 fully saturated rings. The number of benzene rings is 1. The molecule has 1 atom stereocenters. The van der Waals surface area contributed by atoms with Crippen LogP contribution in [0, 0.1) is 0 Å². The number of hydrogen-bond donors (Lipinski definition) is 3. The van der Waals surface area contributed by atoms with Gasteiger partial charge in [0.15, 0.2) is 0 Å².